The van der Waals surface area contributed by atoms with Gasteiger partial charge in [-0.1, -0.05) is 28.1 Å². The summed E-state index contributed by atoms with van der Waals surface area (Å²) in [5.41, 5.74) is 4.37. The van der Waals surface area contributed by atoms with E-state index in [1.165, 1.54) is 33.6 Å². The Morgan fingerprint density at radius 2 is 1.59 bits per heavy atom. The fourth-order valence-electron chi connectivity index (χ4n) is 3.15. The molecule has 2 amide bonds. The van der Waals surface area contributed by atoms with Crippen molar-refractivity contribution >= 4 is 49.9 Å². The second-order valence-electron chi connectivity index (χ2n) is 7.49. The fraction of sp³-hybridized carbons (Fsp3) is 0.192. The second-order valence-corrected chi connectivity index (χ2v) is 9.26. The van der Waals surface area contributed by atoms with Gasteiger partial charge in [0.1, 0.15) is 6.61 Å². The van der Waals surface area contributed by atoms with Crippen molar-refractivity contribution in [2.75, 3.05) is 27.9 Å². The normalized spacial score (nSPS) is 10.6. The summed E-state index contributed by atoms with van der Waals surface area (Å²) >= 11 is 6.92. The molecular formula is C26H25Br2N3O6. The van der Waals surface area contributed by atoms with Gasteiger partial charge >= 0.3 is 0 Å². The molecule has 0 spiro atoms. The molecule has 0 heterocycles. The third kappa shape index (κ3) is 7.96. The number of hydrazone groups is 1. The lowest BCUT2D eigenvalue weighted by molar-refractivity contribution is -0.120. The maximum atomic E-state index is 12.4. The lowest BCUT2D eigenvalue weighted by Crippen LogP contribution is -2.34. The maximum Gasteiger partial charge on any atom is 0.259 e. The van der Waals surface area contributed by atoms with Crippen LogP contribution in [0.5, 0.6) is 23.0 Å². The lowest BCUT2D eigenvalue weighted by Gasteiger charge is -2.13. The Hall–Kier alpha value is -3.57. The number of hydrogen-bond donors (Lipinski definition) is 2. The number of carbonyl (C=O) groups is 2. The SMILES string of the molecule is COc1ccc(C(=O)NCC(=O)N/N=C/c2cc(Br)c(OCc3ccc(Br)cc3)c(OC)c2)cc1OC. The van der Waals surface area contributed by atoms with Crippen molar-refractivity contribution in [2.45, 2.75) is 6.61 Å². The molecule has 0 radical (unpaired) electrons. The lowest BCUT2D eigenvalue weighted by atomic mass is 10.2. The number of nitrogens with zero attached hydrogens (tertiary/aromatic N) is 1. The first-order valence-electron chi connectivity index (χ1n) is 10.9. The van der Waals surface area contributed by atoms with Gasteiger partial charge in [-0.2, -0.15) is 5.10 Å². The van der Waals surface area contributed by atoms with E-state index >= 15 is 0 Å². The standard InChI is InChI=1S/C26H25Br2N3O6/c1-34-21-9-6-18(12-22(21)35-2)26(33)29-14-24(32)31-30-13-17-10-20(28)25(23(11-17)36-3)37-15-16-4-7-19(27)8-5-16/h4-13H,14-15H2,1-3H3,(H,29,33)(H,31,32)/b30-13+. The number of amides is 2. The van der Waals surface area contributed by atoms with Gasteiger partial charge in [0, 0.05) is 10.0 Å². The first-order chi connectivity index (χ1) is 17.8. The number of nitrogens with one attached hydrogen (secondary N) is 2. The number of ether oxygens (including phenoxy) is 4. The highest BCUT2D eigenvalue weighted by Gasteiger charge is 2.13. The van der Waals surface area contributed by atoms with Crippen LogP contribution in [0.2, 0.25) is 0 Å². The minimum Gasteiger partial charge on any atom is -0.493 e. The van der Waals surface area contributed by atoms with E-state index < -0.39 is 11.8 Å². The summed E-state index contributed by atoms with van der Waals surface area (Å²) < 4.78 is 23.4. The average molecular weight is 635 g/mol. The van der Waals surface area contributed by atoms with Crippen molar-refractivity contribution in [3.05, 3.63) is 80.2 Å². The van der Waals surface area contributed by atoms with Crippen LogP contribution in [0.4, 0.5) is 0 Å². The fourth-order valence-corrected chi connectivity index (χ4v) is 3.99. The number of hydrogen-bond acceptors (Lipinski definition) is 7. The van der Waals surface area contributed by atoms with Gasteiger partial charge < -0.3 is 24.3 Å². The van der Waals surface area contributed by atoms with Crippen molar-refractivity contribution in [3.8, 4) is 23.0 Å². The molecular weight excluding hydrogens is 610 g/mol. The third-order valence-electron chi connectivity index (χ3n) is 5.01. The summed E-state index contributed by atoms with van der Waals surface area (Å²) in [7, 11) is 4.52. The number of methoxy groups -OCH3 is 3. The highest BCUT2D eigenvalue weighted by Crippen LogP contribution is 2.37. The highest BCUT2D eigenvalue weighted by molar-refractivity contribution is 9.10. The number of rotatable bonds is 11. The molecule has 0 unspecified atom stereocenters. The van der Waals surface area contributed by atoms with Gasteiger partial charge in [0.2, 0.25) is 0 Å². The van der Waals surface area contributed by atoms with Crippen LogP contribution in [0.1, 0.15) is 21.5 Å². The van der Waals surface area contributed by atoms with E-state index in [0.29, 0.717) is 45.2 Å². The van der Waals surface area contributed by atoms with Gasteiger partial charge in [0.25, 0.3) is 11.8 Å². The number of carbonyl (C=O) groups excluding carboxylic acids is 2. The first kappa shape index (κ1) is 28.0. The van der Waals surface area contributed by atoms with Crippen molar-refractivity contribution in [1.82, 2.24) is 10.7 Å². The largest absolute Gasteiger partial charge is 0.493 e. The predicted molar refractivity (Wildman–Crippen MR) is 147 cm³/mol. The molecule has 0 aliphatic heterocycles. The van der Waals surface area contributed by atoms with Crippen LogP contribution in [0.25, 0.3) is 0 Å². The zero-order valence-corrected chi connectivity index (χ0v) is 23.5. The average Bonchev–Trinajstić information content (AvgIpc) is 2.91. The molecule has 194 valence electrons. The van der Waals surface area contributed by atoms with Crippen LogP contribution in [0.15, 0.2) is 68.6 Å². The Morgan fingerprint density at radius 1 is 0.892 bits per heavy atom. The molecule has 2 N–H and O–H groups in total. The highest BCUT2D eigenvalue weighted by atomic mass is 79.9. The van der Waals surface area contributed by atoms with Gasteiger partial charge in [-0.05, 0) is 69.5 Å². The number of halogens is 2. The van der Waals surface area contributed by atoms with Crippen molar-refractivity contribution in [1.29, 1.82) is 0 Å². The molecule has 0 aliphatic rings. The summed E-state index contributed by atoms with van der Waals surface area (Å²) in [5, 5.41) is 6.49. The van der Waals surface area contributed by atoms with Gasteiger partial charge in [0.15, 0.2) is 23.0 Å². The first-order valence-corrected chi connectivity index (χ1v) is 12.5. The van der Waals surface area contributed by atoms with E-state index in [1.54, 1.807) is 24.3 Å². The van der Waals surface area contributed by atoms with Gasteiger partial charge in [-0.3, -0.25) is 9.59 Å². The summed E-state index contributed by atoms with van der Waals surface area (Å²) in [5.74, 6) is 1.03. The Labute approximate surface area is 231 Å². The van der Waals surface area contributed by atoms with Crippen molar-refractivity contribution < 1.29 is 28.5 Å². The van der Waals surface area contributed by atoms with Crippen LogP contribution in [-0.2, 0) is 11.4 Å². The molecule has 37 heavy (non-hydrogen) atoms. The summed E-state index contributed by atoms with van der Waals surface area (Å²) in [6.45, 7) is 0.0983. The van der Waals surface area contributed by atoms with Crippen LogP contribution in [0.3, 0.4) is 0 Å². The molecule has 0 aromatic heterocycles. The van der Waals surface area contributed by atoms with Crippen molar-refractivity contribution in [3.63, 3.8) is 0 Å². The molecule has 0 fully saturated rings. The molecule has 0 aliphatic carbocycles. The predicted octanol–water partition coefficient (Wildman–Crippen LogP) is 4.70. The quantitative estimate of drug-likeness (QED) is 0.234. The zero-order valence-electron chi connectivity index (χ0n) is 20.3. The van der Waals surface area contributed by atoms with Crippen molar-refractivity contribution in [2.24, 2.45) is 5.10 Å². The molecule has 3 rings (SSSR count). The van der Waals surface area contributed by atoms with E-state index in [2.05, 4.69) is 47.7 Å². The summed E-state index contributed by atoms with van der Waals surface area (Å²) in [6, 6.07) is 16.0. The Bertz CT molecular complexity index is 1280. The summed E-state index contributed by atoms with van der Waals surface area (Å²) in [4.78, 5) is 24.5. The van der Waals surface area contributed by atoms with E-state index in [9.17, 15) is 9.59 Å². The van der Waals surface area contributed by atoms with Crippen LogP contribution >= 0.6 is 31.9 Å². The van der Waals surface area contributed by atoms with E-state index in [4.69, 9.17) is 18.9 Å². The van der Waals surface area contributed by atoms with E-state index in [0.717, 1.165) is 10.0 Å². The molecule has 0 saturated heterocycles. The molecule has 11 heteroatoms. The second kappa shape index (κ2) is 13.7. The molecule has 3 aromatic carbocycles. The van der Waals surface area contributed by atoms with Crippen LogP contribution in [0, 0.1) is 0 Å². The van der Waals surface area contributed by atoms with E-state index in [-0.39, 0.29) is 6.54 Å². The van der Waals surface area contributed by atoms with Crippen LogP contribution in [-0.4, -0.2) is 45.9 Å². The molecule has 0 atom stereocenters. The summed E-state index contributed by atoms with van der Waals surface area (Å²) in [6.07, 6.45) is 1.46. The smallest absolute Gasteiger partial charge is 0.259 e. The Balaban J connectivity index is 1.55. The van der Waals surface area contributed by atoms with Gasteiger partial charge in [-0.15, -0.1) is 0 Å². The van der Waals surface area contributed by atoms with Gasteiger partial charge in [-0.25, -0.2) is 5.43 Å². The third-order valence-corrected chi connectivity index (χ3v) is 6.12. The molecule has 3 aromatic rings. The van der Waals surface area contributed by atoms with Gasteiger partial charge in [0.05, 0.1) is 38.6 Å². The maximum absolute atomic E-state index is 12.4. The molecule has 0 bridgehead atoms. The monoisotopic (exact) mass is 633 g/mol. The molecule has 0 saturated carbocycles. The van der Waals surface area contributed by atoms with E-state index in [1.807, 2.05) is 24.3 Å². The minimum atomic E-state index is -0.495. The minimum absolute atomic E-state index is 0.264. The molecule has 9 nitrogen and oxygen atoms in total. The number of benzene rings is 3. The zero-order chi connectivity index (χ0) is 26.8. The van der Waals surface area contributed by atoms with Crippen LogP contribution < -0.4 is 29.7 Å². The Morgan fingerprint density at radius 3 is 2.27 bits per heavy atom. The Kier molecular flexibility index (Phi) is 10.3. The topological polar surface area (TPSA) is 107 Å².